The van der Waals surface area contributed by atoms with Crippen LogP contribution in [0.2, 0.25) is 10.0 Å². The maximum atomic E-state index is 12.5. The molecule has 0 aliphatic rings. The Labute approximate surface area is 169 Å². The zero-order chi connectivity index (χ0) is 19.6. The third-order valence-corrected chi connectivity index (χ3v) is 4.26. The lowest BCUT2D eigenvalue weighted by Gasteiger charge is -2.13. The second-order valence-corrected chi connectivity index (χ2v) is 6.64. The first-order chi connectivity index (χ1) is 12.9. The van der Waals surface area contributed by atoms with Gasteiger partial charge < -0.3 is 14.5 Å². The first-order valence-corrected chi connectivity index (χ1v) is 8.73. The second kappa shape index (κ2) is 7.96. The van der Waals surface area contributed by atoms with E-state index >= 15 is 0 Å². The molecule has 0 saturated heterocycles. The maximum Gasteiger partial charge on any atom is 0.336 e. The number of carbonyl (C=O) groups excluding carboxylic acids is 1. The van der Waals surface area contributed by atoms with Crippen LogP contribution in [0.4, 0.5) is 5.69 Å². The van der Waals surface area contributed by atoms with E-state index in [4.69, 9.17) is 44.6 Å². The number of benzene rings is 2. The van der Waals surface area contributed by atoms with Crippen LogP contribution in [0.3, 0.4) is 0 Å². The van der Waals surface area contributed by atoms with Crippen molar-refractivity contribution in [2.75, 3.05) is 12.4 Å². The molecule has 0 aliphatic carbocycles. The van der Waals surface area contributed by atoms with Crippen LogP contribution in [0, 0.1) is 0 Å². The van der Waals surface area contributed by atoms with Gasteiger partial charge in [-0.2, -0.15) is 0 Å². The predicted molar refractivity (Wildman–Crippen MR) is 109 cm³/mol. The summed E-state index contributed by atoms with van der Waals surface area (Å²) < 4.78 is 10.2. The predicted octanol–water partition coefficient (Wildman–Crippen LogP) is 4.24. The fraction of sp³-hybridized carbons (Fsp3) is 0.0556. The smallest absolute Gasteiger partial charge is 0.336 e. The standard InChI is InChI=1S/C18H12Cl2N2O4S/c1-25-16-12(7-10(19)8-13(16)20)17(24)22-18(27)21-11-3-4-14-9(6-11)2-5-15(23)26-14/h2-8H,1H3,(H2,21,22,24,27). The fourth-order valence-electron chi connectivity index (χ4n) is 2.42. The number of halogens is 2. The van der Waals surface area contributed by atoms with Gasteiger partial charge in [0.15, 0.2) is 5.11 Å². The molecule has 1 heterocycles. The van der Waals surface area contributed by atoms with Crippen molar-refractivity contribution in [2.24, 2.45) is 0 Å². The van der Waals surface area contributed by atoms with Crippen LogP contribution in [-0.4, -0.2) is 18.1 Å². The number of hydrogen-bond donors (Lipinski definition) is 2. The largest absolute Gasteiger partial charge is 0.494 e. The van der Waals surface area contributed by atoms with Crippen LogP contribution < -0.4 is 21.0 Å². The van der Waals surface area contributed by atoms with E-state index < -0.39 is 11.5 Å². The highest BCUT2D eigenvalue weighted by Crippen LogP contribution is 2.32. The van der Waals surface area contributed by atoms with Crippen LogP contribution in [0.5, 0.6) is 5.75 Å². The number of amides is 1. The molecule has 9 heteroatoms. The number of thiocarbonyl (C=S) groups is 1. The monoisotopic (exact) mass is 422 g/mol. The highest BCUT2D eigenvalue weighted by Gasteiger charge is 2.18. The van der Waals surface area contributed by atoms with Gasteiger partial charge in [0.25, 0.3) is 5.91 Å². The topological polar surface area (TPSA) is 80.6 Å². The van der Waals surface area contributed by atoms with Crippen LogP contribution in [0.25, 0.3) is 11.0 Å². The Morgan fingerprint density at radius 3 is 2.67 bits per heavy atom. The molecule has 0 saturated carbocycles. The summed E-state index contributed by atoms with van der Waals surface area (Å²) in [5.41, 5.74) is 0.776. The van der Waals surface area contributed by atoms with Crippen molar-refractivity contribution in [2.45, 2.75) is 0 Å². The van der Waals surface area contributed by atoms with Crippen molar-refractivity contribution in [1.29, 1.82) is 0 Å². The average Bonchev–Trinajstić information content (AvgIpc) is 2.61. The Hall–Kier alpha value is -2.61. The van der Waals surface area contributed by atoms with Crippen molar-refractivity contribution >= 4 is 63.1 Å². The number of nitrogens with one attached hydrogen (secondary N) is 2. The molecule has 1 aromatic heterocycles. The van der Waals surface area contributed by atoms with E-state index in [-0.39, 0.29) is 21.4 Å². The first kappa shape index (κ1) is 19.2. The molecular formula is C18H12Cl2N2O4S. The minimum atomic E-state index is -0.527. The Balaban J connectivity index is 1.77. The summed E-state index contributed by atoms with van der Waals surface area (Å²) in [6.45, 7) is 0. The SMILES string of the molecule is COc1c(Cl)cc(Cl)cc1C(=O)NC(=S)Nc1ccc2oc(=O)ccc2c1. The second-order valence-electron chi connectivity index (χ2n) is 5.38. The normalized spacial score (nSPS) is 10.5. The summed E-state index contributed by atoms with van der Waals surface area (Å²) >= 11 is 17.2. The summed E-state index contributed by atoms with van der Waals surface area (Å²) in [4.78, 5) is 23.7. The van der Waals surface area contributed by atoms with E-state index in [2.05, 4.69) is 10.6 Å². The van der Waals surface area contributed by atoms with Crippen molar-refractivity contribution < 1.29 is 13.9 Å². The van der Waals surface area contributed by atoms with Crippen LogP contribution in [0.15, 0.2) is 51.7 Å². The van der Waals surface area contributed by atoms with Crippen molar-refractivity contribution in [3.8, 4) is 5.75 Å². The van der Waals surface area contributed by atoms with E-state index in [1.807, 2.05) is 0 Å². The molecule has 0 aliphatic heterocycles. The van der Waals surface area contributed by atoms with Gasteiger partial charge in [-0.25, -0.2) is 4.79 Å². The molecule has 0 spiro atoms. The van der Waals surface area contributed by atoms with E-state index in [1.165, 1.54) is 25.3 Å². The lowest BCUT2D eigenvalue weighted by atomic mass is 10.2. The van der Waals surface area contributed by atoms with Crippen molar-refractivity contribution in [3.63, 3.8) is 0 Å². The average molecular weight is 423 g/mol. The molecule has 138 valence electrons. The lowest BCUT2D eigenvalue weighted by Crippen LogP contribution is -2.34. The molecule has 0 unspecified atom stereocenters. The van der Waals surface area contributed by atoms with Gasteiger partial charge in [0.1, 0.15) is 11.3 Å². The lowest BCUT2D eigenvalue weighted by molar-refractivity contribution is 0.0975. The molecule has 0 atom stereocenters. The number of methoxy groups -OCH3 is 1. The molecule has 1 amide bonds. The molecule has 27 heavy (non-hydrogen) atoms. The first-order valence-electron chi connectivity index (χ1n) is 7.56. The number of ether oxygens (including phenoxy) is 1. The number of rotatable bonds is 3. The highest BCUT2D eigenvalue weighted by molar-refractivity contribution is 7.80. The zero-order valence-corrected chi connectivity index (χ0v) is 16.2. The third kappa shape index (κ3) is 4.39. The van der Waals surface area contributed by atoms with E-state index in [9.17, 15) is 9.59 Å². The van der Waals surface area contributed by atoms with Crippen LogP contribution >= 0.6 is 35.4 Å². The van der Waals surface area contributed by atoms with E-state index in [0.717, 1.165) is 0 Å². The summed E-state index contributed by atoms with van der Waals surface area (Å²) in [5.74, 6) is -0.331. The fourth-order valence-corrected chi connectivity index (χ4v) is 3.20. The number of hydrogen-bond acceptors (Lipinski definition) is 5. The van der Waals surface area contributed by atoms with Crippen molar-refractivity contribution in [3.05, 3.63) is 68.5 Å². The Bertz CT molecular complexity index is 1110. The summed E-state index contributed by atoms with van der Waals surface area (Å²) in [6, 6.07) is 10.9. The van der Waals surface area contributed by atoms with E-state index in [1.54, 1.807) is 24.3 Å². The summed E-state index contributed by atoms with van der Waals surface area (Å²) in [7, 11) is 1.40. The van der Waals surface area contributed by atoms with Crippen LogP contribution in [-0.2, 0) is 0 Å². The van der Waals surface area contributed by atoms with Gasteiger partial charge >= 0.3 is 5.63 Å². The van der Waals surface area contributed by atoms with Gasteiger partial charge in [-0.1, -0.05) is 23.2 Å². The quantitative estimate of drug-likeness (QED) is 0.485. The Morgan fingerprint density at radius 1 is 1.15 bits per heavy atom. The molecule has 0 fully saturated rings. The van der Waals surface area contributed by atoms with E-state index in [0.29, 0.717) is 21.7 Å². The zero-order valence-electron chi connectivity index (χ0n) is 13.8. The number of carbonyl (C=O) groups is 1. The molecule has 2 N–H and O–H groups in total. The third-order valence-electron chi connectivity index (χ3n) is 3.56. The highest BCUT2D eigenvalue weighted by atomic mass is 35.5. The molecule has 2 aromatic carbocycles. The summed E-state index contributed by atoms with van der Waals surface area (Å²) in [6.07, 6.45) is 0. The van der Waals surface area contributed by atoms with Crippen LogP contribution in [0.1, 0.15) is 10.4 Å². The minimum Gasteiger partial charge on any atom is -0.494 e. The number of anilines is 1. The Morgan fingerprint density at radius 2 is 1.93 bits per heavy atom. The van der Waals surface area contributed by atoms with Gasteiger partial charge in [-0.05, 0) is 48.6 Å². The summed E-state index contributed by atoms with van der Waals surface area (Å²) in [5, 5.41) is 6.71. The molecule has 0 bridgehead atoms. The molecule has 6 nitrogen and oxygen atoms in total. The van der Waals surface area contributed by atoms with Gasteiger partial charge in [-0.3, -0.25) is 10.1 Å². The van der Waals surface area contributed by atoms with Gasteiger partial charge in [0.2, 0.25) is 0 Å². The maximum absolute atomic E-state index is 12.5. The number of fused-ring (bicyclic) bond motifs is 1. The molecule has 3 aromatic rings. The molecule has 0 radical (unpaired) electrons. The van der Waals surface area contributed by atoms with Gasteiger partial charge in [0.05, 0.1) is 17.7 Å². The van der Waals surface area contributed by atoms with Gasteiger partial charge in [-0.15, -0.1) is 0 Å². The molecular weight excluding hydrogens is 411 g/mol. The molecule has 3 rings (SSSR count). The Kier molecular flexibility index (Phi) is 5.65. The van der Waals surface area contributed by atoms with Crippen molar-refractivity contribution in [1.82, 2.24) is 5.32 Å². The minimum absolute atomic E-state index is 0.0647. The van der Waals surface area contributed by atoms with Gasteiger partial charge in [0, 0.05) is 22.2 Å².